The van der Waals surface area contributed by atoms with E-state index in [0.717, 1.165) is 32.5 Å². The van der Waals surface area contributed by atoms with Crippen LogP contribution in [-0.4, -0.2) is 43.1 Å². The molecule has 1 atom stereocenters. The van der Waals surface area contributed by atoms with Gasteiger partial charge in [0.25, 0.3) is 0 Å². The maximum Gasteiger partial charge on any atom is 0.311 e. The molecule has 0 aromatic heterocycles. The molecule has 33 heavy (non-hydrogen) atoms. The van der Waals surface area contributed by atoms with Crippen molar-refractivity contribution in [2.45, 2.75) is 81.7 Å². The summed E-state index contributed by atoms with van der Waals surface area (Å²) in [5, 5.41) is 0. The Kier molecular flexibility index (Phi) is 11.1. The fourth-order valence-corrected chi connectivity index (χ4v) is 5.07. The molecule has 1 rings (SSSR count). The number of ether oxygens (including phenoxy) is 2. The van der Waals surface area contributed by atoms with E-state index in [-0.39, 0.29) is 17.4 Å². The van der Waals surface area contributed by atoms with Crippen LogP contribution in [-0.2, 0) is 25.6 Å². The predicted octanol–water partition coefficient (Wildman–Crippen LogP) is 6.11. The number of hydrogen-bond acceptors (Lipinski definition) is 5. The van der Waals surface area contributed by atoms with Crippen molar-refractivity contribution in [1.82, 2.24) is 4.90 Å². The van der Waals surface area contributed by atoms with E-state index in [1.807, 2.05) is 47.6 Å². The molecule has 1 aromatic carbocycles. The second kappa shape index (κ2) is 12.5. The van der Waals surface area contributed by atoms with Gasteiger partial charge in [0, 0.05) is 19.6 Å². The third-order valence-electron chi connectivity index (χ3n) is 5.91. The first-order valence-electron chi connectivity index (χ1n) is 12.3. The van der Waals surface area contributed by atoms with Gasteiger partial charge in [-0.05, 0) is 71.3 Å². The minimum absolute atomic E-state index is 0.0958. The Balaban J connectivity index is 2.98. The molecular weight excluding hydrogens is 414 g/mol. The molecule has 0 amide bonds. The van der Waals surface area contributed by atoms with E-state index < -0.39 is 10.8 Å². The maximum absolute atomic E-state index is 12.5. The molecule has 0 aliphatic carbocycles. The average Bonchev–Trinajstić information content (AvgIpc) is 2.67. The SMILES string of the molecule is CCOC(=O)C(C)(C)CC(C)CN(Cc1ccccc1)CC(C)(C)CC(C)(C)C(=O)OCC. The fourth-order valence-electron chi connectivity index (χ4n) is 5.07. The third kappa shape index (κ3) is 10.3. The van der Waals surface area contributed by atoms with E-state index in [2.05, 4.69) is 49.9 Å². The lowest BCUT2D eigenvalue weighted by atomic mass is 9.74. The summed E-state index contributed by atoms with van der Waals surface area (Å²) in [5.41, 5.74) is 0.0985. The van der Waals surface area contributed by atoms with E-state index in [1.165, 1.54) is 5.56 Å². The largest absolute Gasteiger partial charge is 0.466 e. The van der Waals surface area contributed by atoms with E-state index in [4.69, 9.17) is 9.47 Å². The second-order valence-electron chi connectivity index (χ2n) is 11.5. The van der Waals surface area contributed by atoms with Crippen LogP contribution in [0.5, 0.6) is 0 Å². The van der Waals surface area contributed by atoms with Crippen molar-refractivity contribution in [2.24, 2.45) is 22.2 Å². The minimum Gasteiger partial charge on any atom is -0.466 e. The Morgan fingerprint density at radius 2 is 1.39 bits per heavy atom. The highest BCUT2D eigenvalue weighted by Gasteiger charge is 2.37. The van der Waals surface area contributed by atoms with Crippen molar-refractivity contribution in [3.63, 3.8) is 0 Å². The number of carbonyl (C=O) groups excluding carboxylic acids is 2. The molecule has 0 fully saturated rings. The lowest BCUT2D eigenvalue weighted by Gasteiger charge is -2.39. The molecule has 0 saturated carbocycles. The normalized spacial score (nSPS) is 13.6. The second-order valence-corrected chi connectivity index (χ2v) is 11.5. The van der Waals surface area contributed by atoms with Crippen LogP contribution in [0.15, 0.2) is 30.3 Å². The first kappa shape index (κ1) is 29.2. The Morgan fingerprint density at radius 3 is 1.91 bits per heavy atom. The summed E-state index contributed by atoms with van der Waals surface area (Å²) in [7, 11) is 0. The van der Waals surface area contributed by atoms with Gasteiger partial charge in [0.2, 0.25) is 0 Å². The Bertz CT molecular complexity index is 740. The van der Waals surface area contributed by atoms with Gasteiger partial charge in [-0.2, -0.15) is 0 Å². The highest BCUT2D eigenvalue weighted by Crippen LogP contribution is 2.36. The first-order chi connectivity index (χ1) is 15.2. The van der Waals surface area contributed by atoms with Crippen LogP contribution in [0.4, 0.5) is 0 Å². The van der Waals surface area contributed by atoms with Crippen LogP contribution >= 0.6 is 0 Å². The van der Waals surface area contributed by atoms with E-state index in [1.54, 1.807) is 0 Å². The number of nitrogens with zero attached hydrogens (tertiary/aromatic N) is 1. The molecule has 0 bridgehead atoms. The Hall–Kier alpha value is -1.88. The molecule has 0 saturated heterocycles. The minimum atomic E-state index is -0.546. The number of esters is 2. The Morgan fingerprint density at radius 1 is 0.879 bits per heavy atom. The number of benzene rings is 1. The maximum atomic E-state index is 12.5. The van der Waals surface area contributed by atoms with Crippen LogP contribution in [0.3, 0.4) is 0 Å². The zero-order valence-corrected chi connectivity index (χ0v) is 22.5. The summed E-state index contributed by atoms with van der Waals surface area (Å²) in [4.78, 5) is 27.4. The average molecular weight is 462 g/mol. The van der Waals surface area contributed by atoms with E-state index in [9.17, 15) is 9.59 Å². The van der Waals surface area contributed by atoms with Gasteiger partial charge in [-0.1, -0.05) is 51.1 Å². The molecule has 5 nitrogen and oxygen atoms in total. The van der Waals surface area contributed by atoms with Crippen molar-refractivity contribution in [3.8, 4) is 0 Å². The third-order valence-corrected chi connectivity index (χ3v) is 5.91. The summed E-state index contributed by atoms with van der Waals surface area (Å²) in [6.45, 7) is 21.6. The van der Waals surface area contributed by atoms with Crippen LogP contribution in [0.2, 0.25) is 0 Å². The van der Waals surface area contributed by atoms with Crippen LogP contribution in [0, 0.1) is 22.2 Å². The monoisotopic (exact) mass is 461 g/mol. The molecule has 0 aliphatic rings. The van der Waals surface area contributed by atoms with Crippen molar-refractivity contribution in [3.05, 3.63) is 35.9 Å². The predicted molar refractivity (Wildman–Crippen MR) is 135 cm³/mol. The van der Waals surface area contributed by atoms with Gasteiger partial charge in [0.05, 0.1) is 24.0 Å². The lowest BCUT2D eigenvalue weighted by molar-refractivity contribution is -0.155. The summed E-state index contributed by atoms with van der Waals surface area (Å²) in [5.74, 6) is 0.0298. The van der Waals surface area contributed by atoms with Crippen molar-refractivity contribution < 1.29 is 19.1 Å². The van der Waals surface area contributed by atoms with Crippen molar-refractivity contribution in [1.29, 1.82) is 0 Å². The molecule has 188 valence electrons. The van der Waals surface area contributed by atoms with Crippen molar-refractivity contribution in [2.75, 3.05) is 26.3 Å². The molecule has 5 heteroatoms. The number of hydrogen-bond donors (Lipinski definition) is 0. The summed E-state index contributed by atoms with van der Waals surface area (Å²) < 4.78 is 10.6. The molecule has 0 radical (unpaired) electrons. The quantitative estimate of drug-likeness (QED) is 0.313. The van der Waals surface area contributed by atoms with Gasteiger partial charge in [-0.15, -0.1) is 0 Å². The van der Waals surface area contributed by atoms with Gasteiger partial charge in [-0.25, -0.2) is 0 Å². The lowest BCUT2D eigenvalue weighted by Crippen LogP contribution is -2.41. The molecule has 1 unspecified atom stereocenters. The highest BCUT2D eigenvalue weighted by molar-refractivity contribution is 5.76. The van der Waals surface area contributed by atoms with Crippen LogP contribution in [0.1, 0.15) is 80.7 Å². The van der Waals surface area contributed by atoms with Gasteiger partial charge < -0.3 is 9.47 Å². The van der Waals surface area contributed by atoms with E-state index >= 15 is 0 Å². The molecule has 1 aromatic rings. The zero-order chi connectivity index (χ0) is 25.3. The van der Waals surface area contributed by atoms with Gasteiger partial charge in [0.1, 0.15) is 0 Å². The van der Waals surface area contributed by atoms with Crippen molar-refractivity contribution >= 4 is 11.9 Å². The standard InChI is InChI=1S/C28H47NO4/c1-10-32-24(30)27(6,7)17-22(3)18-29(19-23-15-13-12-14-16-23)21-26(4,5)20-28(8,9)25(31)33-11-2/h12-16,22H,10-11,17-21H2,1-9H3. The summed E-state index contributed by atoms with van der Waals surface area (Å²) >= 11 is 0. The molecular formula is C28H47NO4. The number of carbonyl (C=O) groups is 2. The Labute approximate surface area is 202 Å². The number of rotatable bonds is 14. The molecule has 0 aliphatic heterocycles. The molecule has 0 spiro atoms. The summed E-state index contributed by atoms with van der Waals surface area (Å²) in [6, 6.07) is 10.5. The van der Waals surface area contributed by atoms with E-state index in [0.29, 0.717) is 19.1 Å². The van der Waals surface area contributed by atoms with Gasteiger partial charge in [0.15, 0.2) is 0 Å². The molecule has 0 N–H and O–H groups in total. The van der Waals surface area contributed by atoms with Crippen LogP contribution in [0.25, 0.3) is 0 Å². The highest BCUT2D eigenvalue weighted by atomic mass is 16.5. The van der Waals surface area contributed by atoms with Gasteiger partial charge in [-0.3, -0.25) is 14.5 Å². The van der Waals surface area contributed by atoms with Crippen LogP contribution < -0.4 is 0 Å². The molecule has 0 heterocycles. The topological polar surface area (TPSA) is 55.8 Å². The van der Waals surface area contributed by atoms with Gasteiger partial charge >= 0.3 is 11.9 Å². The smallest absolute Gasteiger partial charge is 0.311 e. The zero-order valence-electron chi connectivity index (χ0n) is 22.5. The summed E-state index contributed by atoms with van der Waals surface area (Å²) in [6.07, 6.45) is 1.48. The fraction of sp³-hybridized carbons (Fsp3) is 0.714. The first-order valence-corrected chi connectivity index (χ1v) is 12.3.